The van der Waals surface area contributed by atoms with E-state index >= 15 is 0 Å². The third-order valence-corrected chi connectivity index (χ3v) is 11.0. The summed E-state index contributed by atoms with van der Waals surface area (Å²) in [5.74, 6) is -1.05. The largest absolute Gasteiger partial charge is 0.481 e. The fourth-order valence-corrected chi connectivity index (χ4v) is 9.28. The first kappa shape index (κ1) is 23.6. The van der Waals surface area contributed by atoms with Crippen LogP contribution in [-0.2, 0) is 14.4 Å². The van der Waals surface area contributed by atoms with E-state index in [0.29, 0.717) is 49.4 Å². The van der Waals surface area contributed by atoms with Crippen LogP contribution in [0.25, 0.3) is 0 Å². The molecule has 0 heterocycles. The number of fused-ring (bicyclic) bond motifs is 5. The number of hydrogen-bond acceptors (Lipinski definition) is 3. The predicted octanol–water partition coefficient (Wildman–Crippen LogP) is 5.16. The summed E-state index contributed by atoms with van der Waals surface area (Å²) < 4.78 is 0. The van der Waals surface area contributed by atoms with Crippen molar-refractivity contribution in [2.45, 2.75) is 85.0 Å². The van der Waals surface area contributed by atoms with Crippen LogP contribution in [0.1, 0.15) is 85.0 Å². The molecule has 180 valence electrons. The molecule has 0 saturated heterocycles. The van der Waals surface area contributed by atoms with E-state index in [2.05, 4.69) is 20.8 Å². The number of hydrogen-bond donors (Lipinski definition) is 3. The second kappa shape index (κ2) is 8.32. The summed E-state index contributed by atoms with van der Waals surface area (Å²) in [6.45, 7) is 6.88. The fourth-order valence-electron chi connectivity index (χ4n) is 9.28. The van der Waals surface area contributed by atoms with Gasteiger partial charge in [0, 0.05) is 6.42 Å². The zero-order chi connectivity index (χ0) is 23.4. The Labute approximate surface area is 191 Å². The smallest absolute Gasteiger partial charge is 0.306 e. The van der Waals surface area contributed by atoms with Crippen molar-refractivity contribution >= 4 is 17.9 Å². The summed E-state index contributed by atoms with van der Waals surface area (Å²) in [6.07, 6.45) is 7.94. The first-order valence-electron chi connectivity index (χ1n) is 12.7. The molecule has 0 amide bonds. The van der Waals surface area contributed by atoms with E-state index in [9.17, 15) is 24.6 Å². The van der Waals surface area contributed by atoms with Crippen LogP contribution in [0, 0.1) is 58.2 Å². The van der Waals surface area contributed by atoms with E-state index in [1.54, 1.807) is 0 Å². The summed E-state index contributed by atoms with van der Waals surface area (Å²) >= 11 is 0. The van der Waals surface area contributed by atoms with Gasteiger partial charge in [0.25, 0.3) is 0 Å². The van der Waals surface area contributed by atoms with Crippen molar-refractivity contribution in [1.29, 1.82) is 0 Å². The van der Waals surface area contributed by atoms with Crippen molar-refractivity contribution in [1.82, 2.24) is 0 Å². The Hall–Kier alpha value is -1.59. The number of carbonyl (C=O) groups is 3. The van der Waals surface area contributed by atoms with Gasteiger partial charge in [0.2, 0.25) is 0 Å². The maximum absolute atomic E-state index is 12.5. The molecule has 0 radical (unpaired) electrons. The summed E-state index contributed by atoms with van der Waals surface area (Å²) in [7, 11) is 0. The third-order valence-electron chi connectivity index (χ3n) is 11.0. The Morgan fingerprint density at radius 2 is 1.53 bits per heavy atom. The second-order valence-electron chi connectivity index (χ2n) is 12.1. The molecule has 0 aliphatic heterocycles. The van der Waals surface area contributed by atoms with Crippen LogP contribution in [0.3, 0.4) is 0 Å². The molecule has 6 heteroatoms. The lowest BCUT2D eigenvalue weighted by Gasteiger charge is -2.62. The van der Waals surface area contributed by atoms with E-state index in [1.165, 1.54) is 0 Å². The van der Waals surface area contributed by atoms with Crippen molar-refractivity contribution in [3.63, 3.8) is 0 Å². The van der Waals surface area contributed by atoms with Gasteiger partial charge in [-0.25, -0.2) is 0 Å². The van der Waals surface area contributed by atoms with Crippen LogP contribution in [-0.4, -0.2) is 33.2 Å². The van der Waals surface area contributed by atoms with Gasteiger partial charge in [-0.2, -0.15) is 0 Å². The molecule has 10 atom stereocenters. The minimum atomic E-state index is -0.741. The Kier molecular flexibility index (Phi) is 6.13. The molecular weight excluding hydrogens is 408 g/mol. The van der Waals surface area contributed by atoms with E-state index < -0.39 is 17.9 Å². The Morgan fingerprint density at radius 1 is 0.875 bits per heavy atom. The molecule has 4 aliphatic rings. The first-order valence-corrected chi connectivity index (χ1v) is 12.7. The fraction of sp³-hybridized carbons (Fsp3) is 0.885. The molecule has 0 aromatic carbocycles. The number of aliphatic carboxylic acids is 3. The lowest BCUT2D eigenvalue weighted by Crippen LogP contribution is -2.58. The predicted molar refractivity (Wildman–Crippen MR) is 119 cm³/mol. The van der Waals surface area contributed by atoms with Gasteiger partial charge in [-0.05, 0) is 104 Å². The molecule has 0 spiro atoms. The lowest BCUT2D eigenvalue weighted by molar-refractivity contribution is -0.176. The van der Waals surface area contributed by atoms with Crippen LogP contribution in [0.5, 0.6) is 0 Å². The molecule has 3 N–H and O–H groups in total. The monoisotopic (exact) mass is 448 g/mol. The van der Waals surface area contributed by atoms with Gasteiger partial charge >= 0.3 is 17.9 Å². The zero-order valence-electron chi connectivity index (χ0n) is 19.8. The normalized spacial score (nSPS) is 46.4. The Balaban J connectivity index is 1.61. The molecule has 0 aromatic heterocycles. The van der Waals surface area contributed by atoms with Gasteiger partial charge in [-0.1, -0.05) is 20.8 Å². The molecule has 0 aromatic rings. The van der Waals surface area contributed by atoms with E-state index in [-0.39, 0.29) is 40.9 Å². The number of carboxylic acids is 3. The average molecular weight is 449 g/mol. The van der Waals surface area contributed by atoms with Crippen LogP contribution < -0.4 is 0 Å². The molecule has 32 heavy (non-hydrogen) atoms. The summed E-state index contributed by atoms with van der Waals surface area (Å²) in [6, 6.07) is 0. The van der Waals surface area contributed by atoms with E-state index in [1.807, 2.05) is 0 Å². The van der Waals surface area contributed by atoms with E-state index in [0.717, 1.165) is 32.1 Å². The standard InChI is InChI=1S/C26H40O6/c1-14(4-7-21(27)28)18-5-6-19-22-17(24(31)32)13-16-12-15(23(29)30)8-10-25(16,2)20(22)9-11-26(18,19)3/h14-20,22H,4-13H2,1-3H3,(H,27,28)(H,29,30)(H,31,32)/t14-,15+,16-,17+,18+,19-,20-,22+,25-,26+/m0/s1. The molecule has 4 saturated carbocycles. The van der Waals surface area contributed by atoms with Crippen LogP contribution in [0.2, 0.25) is 0 Å². The van der Waals surface area contributed by atoms with E-state index in [4.69, 9.17) is 5.11 Å². The molecule has 4 rings (SSSR count). The minimum Gasteiger partial charge on any atom is -0.481 e. The maximum Gasteiger partial charge on any atom is 0.306 e. The van der Waals surface area contributed by atoms with Gasteiger partial charge in [0.1, 0.15) is 0 Å². The first-order chi connectivity index (χ1) is 15.0. The van der Waals surface area contributed by atoms with Gasteiger partial charge < -0.3 is 15.3 Å². The highest BCUT2D eigenvalue weighted by atomic mass is 16.4. The Morgan fingerprint density at radius 3 is 2.16 bits per heavy atom. The summed E-state index contributed by atoms with van der Waals surface area (Å²) in [5, 5.41) is 29.0. The highest BCUT2D eigenvalue weighted by Gasteiger charge is 2.64. The highest BCUT2D eigenvalue weighted by Crippen LogP contribution is 2.69. The molecular formula is C26H40O6. The van der Waals surface area contributed by atoms with Gasteiger partial charge in [0.15, 0.2) is 0 Å². The van der Waals surface area contributed by atoms with Crippen LogP contribution in [0.4, 0.5) is 0 Å². The number of rotatable bonds is 6. The van der Waals surface area contributed by atoms with Gasteiger partial charge in [-0.3, -0.25) is 14.4 Å². The van der Waals surface area contributed by atoms with Crippen molar-refractivity contribution in [2.24, 2.45) is 58.2 Å². The van der Waals surface area contributed by atoms with Crippen molar-refractivity contribution in [3.05, 3.63) is 0 Å². The molecule has 0 bridgehead atoms. The zero-order valence-corrected chi connectivity index (χ0v) is 19.8. The Bertz CT molecular complexity index is 778. The van der Waals surface area contributed by atoms with Crippen LogP contribution >= 0.6 is 0 Å². The van der Waals surface area contributed by atoms with Crippen molar-refractivity contribution < 1.29 is 29.7 Å². The third kappa shape index (κ3) is 3.66. The SMILES string of the molecule is C[C@@H](CCC(=O)O)[C@H]1CC[C@H]2[C@H]3[C@H](C(=O)O)C[C@@H]4C[C@H](C(=O)O)CC[C@]4(C)[C@H]3CC[C@]12C. The lowest BCUT2D eigenvalue weighted by atomic mass is 9.41. The molecule has 0 unspecified atom stereocenters. The number of carboxylic acid groups (broad SMARTS) is 3. The topological polar surface area (TPSA) is 112 Å². The van der Waals surface area contributed by atoms with Gasteiger partial charge in [0.05, 0.1) is 11.8 Å². The van der Waals surface area contributed by atoms with Crippen molar-refractivity contribution in [3.8, 4) is 0 Å². The molecule has 6 nitrogen and oxygen atoms in total. The minimum absolute atomic E-state index is 0.0386. The summed E-state index contributed by atoms with van der Waals surface area (Å²) in [4.78, 5) is 35.3. The van der Waals surface area contributed by atoms with Crippen molar-refractivity contribution in [2.75, 3.05) is 0 Å². The summed E-state index contributed by atoms with van der Waals surface area (Å²) in [5.41, 5.74) is 0.116. The van der Waals surface area contributed by atoms with Gasteiger partial charge in [-0.15, -0.1) is 0 Å². The maximum atomic E-state index is 12.5. The second-order valence-corrected chi connectivity index (χ2v) is 12.1. The molecule has 4 aliphatic carbocycles. The molecule has 4 fully saturated rings. The highest BCUT2D eigenvalue weighted by molar-refractivity contribution is 5.72. The quantitative estimate of drug-likeness (QED) is 0.517. The van der Waals surface area contributed by atoms with Crippen LogP contribution in [0.15, 0.2) is 0 Å². The average Bonchev–Trinajstić information content (AvgIpc) is 3.07.